The average molecular weight is 554 g/mol. The summed E-state index contributed by atoms with van der Waals surface area (Å²) in [6.07, 6.45) is 2.81. The minimum absolute atomic E-state index is 0.119. The number of hydrogen-bond donors (Lipinski definition) is 3. The summed E-state index contributed by atoms with van der Waals surface area (Å²) in [5.74, 6) is -3.01. The molecule has 0 bridgehead atoms. The van der Waals surface area contributed by atoms with Crippen molar-refractivity contribution in [1.82, 2.24) is 35.2 Å². The molecule has 0 saturated carbocycles. The van der Waals surface area contributed by atoms with Crippen LogP contribution in [0.4, 0.5) is 26.0 Å². The Hall–Kier alpha value is -4.79. The summed E-state index contributed by atoms with van der Waals surface area (Å²) < 4.78 is 58.1. The molecule has 0 atom stereocenters. The molecule has 0 unspecified atom stereocenters. The van der Waals surface area contributed by atoms with Crippen molar-refractivity contribution >= 4 is 44.0 Å². The number of tetrazole rings is 1. The molecule has 200 valence electrons. The molecule has 5 aromatic rings. The van der Waals surface area contributed by atoms with Gasteiger partial charge in [0.15, 0.2) is 11.6 Å². The zero-order chi connectivity index (χ0) is 27.7. The van der Waals surface area contributed by atoms with Crippen LogP contribution in [-0.4, -0.2) is 55.1 Å². The van der Waals surface area contributed by atoms with E-state index in [1.54, 1.807) is 38.1 Å². The van der Waals surface area contributed by atoms with Crippen LogP contribution in [0.5, 0.6) is 0 Å². The van der Waals surface area contributed by atoms with Crippen LogP contribution in [-0.2, 0) is 10.0 Å². The molecule has 2 aromatic carbocycles. The summed E-state index contributed by atoms with van der Waals surface area (Å²) in [5.41, 5.74) is -0.108. The van der Waals surface area contributed by atoms with E-state index in [2.05, 4.69) is 40.5 Å². The van der Waals surface area contributed by atoms with Crippen LogP contribution in [0.25, 0.3) is 16.7 Å². The lowest BCUT2D eigenvalue weighted by molar-refractivity contribution is 0.103. The fourth-order valence-corrected chi connectivity index (χ4v) is 5.15. The Balaban J connectivity index is 1.54. The number of nitrogens with one attached hydrogen (secondary N) is 3. The van der Waals surface area contributed by atoms with Crippen LogP contribution >= 0.6 is 0 Å². The SMILES string of the molecule is CCCS(=O)(=O)Nc1ccc(F)c(C(=O)c2c[nH]c3ncnc(Nc4cccc(-n5nnnc5C)c4)c23)c1F. The van der Waals surface area contributed by atoms with Gasteiger partial charge in [-0.25, -0.2) is 27.2 Å². The number of carbonyl (C=O) groups is 1. The van der Waals surface area contributed by atoms with Crippen LogP contribution in [0.15, 0.2) is 48.9 Å². The van der Waals surface area contributed by atoms with Gasteiger partial charge < -0.3 is 10.3 Å². The molecule has 39 heavy (non-hydrogen) atoms. The molecule has 0 saturated heterocycles. The molecule has 5 rings (SSSR count). The van der Waals surface area contributed by atoms with Gasteiger partial charge in [-0.3, -0.25) is 9.52 Å². The van der Waals surface area contributed by atoms with Gasteiger partial charge in [0.25, 0.3) is 0 Å². The number of halogens is 2. The summed E-state index contributed by atoms with van der Waals surface area (Å²) in [6, 6.07) is 8.81. The van der Waals surface area contributed by atoms with Gasteiger partial charge in [-0.1, -0.05) is 13.0 Å². The maximum absolute atomic E-state index is 15.3. The van der Waals surface area contributed by atoms with Crippen LogP contribution in [0.1, 0.15) is 35.1 Å². The number of carbonyl (C=O) groups excluding carboxylic acids is 1. The molecule has 0 aliphatic carbocycles. The van der Waals surface area contributed by atoms with Crippen molar-refractivity contribution in [2.24, 2.45) is 0 Å². The van der Waals surface area contributed by atoms with E-state index in [9.17, 15) is 17.6 Å². The minimum atomic E-state index is -3.89. The fraction of sp³-hybridized carbons (Fsp3) is 0.167. The summed E-state index contributed by atoms with van der Waals surface area (Å²) in [7, 11) is -3.89. The molecule has 15 heteroatoms. The Bertz CT molecular complexity index is 1820. The number of nitrogens with zero attached hydrogens (tertiary/aromatic N) is 6. The molecule has 3 heterocycles. The standard InChI is InChI=1S/C24H21F2N9O3S/c1-3-9-39(37,38)32-18-8-7-17(25)20(21(18)26)22(36)16-11-27-23-19(16)24(29-12-28-23)30-14-5-4-6-15(10-14)35-13(2)31-33-34-35/h4-8,10-12,32H,3,9H2,1-2H3,(H2,27,28,29,30). The maximum Gasteiger partial charge on any atom is 0.232 e. The third kappa shape index (κ3) is 5.03. The first-order valence-corrected chi connectivity index (χ1v) is 13.3. The summed E-state index contributed by atoms with van der Waals surface area (Å²) in [4.78, 5) is 24.6. The highest BCUT2D eigenvalue weighted by atomic mass is 32.2. The molecule has 12 nitrogen and oxygen atoms in total. The van der Waals surface area contributed by atoms with Crippen molar-refractivity contribution < 1.29 is 22.0 Å². The van der Waals surface area contributed by atoms with E-state index in [-0.39, 0.29) is 34.6 Å². The van der Waals surface area contributed by atoms with Gasteiger partial charge >= 0.3 is 0 Å². The monoisotopic (exact) mass is 553 g/mol. The third-order valence-electron chi connectivity index (χ3n) is 5.75. The number of sulfonamides is 1. The van der Waals surface area contributed by atoms with Crippen LogP contribution in [0.2, 0.25) is 0 Å². The van der Waals surface area contributed by atoms with Crippen molar-refractivity contribution in [3.8, 4) is 5.69 Å². The average Bonchev–Trinajstić information content (AvgIpc) is 3.53. The molecule has 0 spiro atoms. The molecular formula is C24H21F2N9O3S. The third-order valence-corrected chi connectivity index (χ3v) is 7.23. The number of aryl methyl sites for hydroxylation is 1. The van der Waals surface area contributed by atoms with Gasteiger partial charge in [0.05, 0.1) is 33.6 Å². The molecule has 0 radical (unpaired) electrons. The predicted octanol–water partition coefficient (Wildman–Crippen LogP) is 3.65. The highest BCUT2D eigenvalue weighted by Crippen LogP contribution is 2.31. The zero-order valence-corrected chi connectivity index (χ0v) is 21.4. The Morgan fingerprint density at radius 1 is 1.15 bits per heavy atom. The Kier molecular flexibility index (Phi) is 6.74. The first kappa shape index (κ1) is 25.8. The topological polar surface area (TPSA) is 160 Å². The van der Waals surface area contributed by atoms with Crippen molar-refractivity contribution in [3.05, 3.63) is 77.5 Å². The van der Waals surface area contributed by atoms with Crippen molar-refractivity contribution in [3.63, 3.8) is 0 Å². The van der Waals surface area contributed by atoms with E-state index in [1.165, 1.54) is 17.2 Å². The number of rotatable bonds is 9. The summed E-state index contributed by atoms with van der Waals surface area (Å²) in [5, 5.41) is 14.7. The fourth-order valence-electron chi connectivity index (χ4n) is 4.02. The van der Waals surface area contributed by atoms with Crippen molar-refractivity contribution in [2.75, 3.05) is 15.8 Å². The van der Waals surface area contributed by atoms with Crippen molar-refractivity contribution in [2.45, 2.75) is 20.3 Å². The van der Waals surface area contributed by atoms with Gasteiger partial charge in [0.1, 0.15) is 23.6 Å². The first-order valence-electron chi connectivity index (χ1n) is 11.7. The minimum Gasteiger partial charge on any atom is -0.345 e. The number of aromatic nitrogens is 7. The van der Waals surface area contributed by atoms with Crippen LogP contribution in [0, 0.1) is 18.6 Å². The zero-order valence-electron chi connectivity index (χ0n) is 20.6. The second-order valence-corrected chi connectivity index (χ2v) is 10.3. The second-order valence-electron chi connectivity index (χ2n) is 8.50. The molecule has 0 aliphatic heterocycles. The van der Waals surface area contributed by atoms with E-state index in [4.69, 9.17) is 0 Å². The van der Waals surface area contributed by atoms with Crippen LogP contribution in [0.3, 0.4) is 0 Å². The Morgan fingerprint density at radius 3 is 2.72 bits per heavy atom. The number of benzene rings is 2. The smallest absolute Gasteiger partial charge is 0.232 e. The molecular weight excluding hydrogens is 532 g/mol. The van der Waals surface area contributed by atoms with Gasteiger partial charge in [-0.05, 0) is 54.1 Å². The van der Waals surface area contributed by atoms with Gasteiger partial charge in [-0.15, -0.1) is 5.10 Å². The van der Waals surface area contributed by atoms with E-state index in [0.717, 1.165) is 12.1 Å². The van der Waals surface area contributed by atoms with E-state index >= 15 is 4.39 Å². The molecule has 0 amide bonds. The lowest BCUT2D eigenvalue weighted by atomic mass is 10.0. The highest BCUT2D eigenvalue weighted by molar-refractivity contribution is 7.92. The summed E-state index contributed by atoms with van der Waals surface area (Å²) >= 11 is 0. The number of anilines is 3. The van der Waals surface area contributed by atoms with Gasteiger partial charge in [-0.2, -0.15) is 4.68 Å². The second kappa shape index (κ2) is 10.2. The number of H-pyrrole nitrogens is 1. The quantitative estimate of drug-likeness (QED) is 0.231. The largest absolute Gasteiger partial charge is 0.345 e. The Morgan fingerprint density at radius 2 is 1.97 bits per heavy atom. The Labute approximate surface area is 220 Å². The van der Waals surface area contributed by atoms with Crippen LogP contribution < -0.4 is 10.0 Å². The molecule has 0 fully saturated rings. The lowest BCUT2D eigenvalue weighted by Crippen LogP contribution is -2.18. The predicted molar refractivity (Wildman–Crippen MR) is 139 cm³/mol. The van der Waals surface area contributed by atoms with E-state index < -0.39 is 38.7 Å². The highest BCUT2D eigenvalue weighted by Gasteiger charge is 2.27. The maximum atomic E-state index is 15.3. The number of aromatic amines is 1. The summed E-state index contributed by atoms with van der Waals surface area (Å²) in [6.45, 7) is 3.39. The normalized spacial score (nSPS) is 11.6. The molecule has 0 aliphatic rings. The van der Waals surface area contributed by atoms with Gasteiger partial charge in [0.2, 0.25) is 15.8 Å². The molecule has 3 N–H and O–H groups in total. The first-order chi connectivity index (χ1) is 18.7. The lowest BCUT2D eigenvalue weighted by Gasteiger charge is -2.12. The van der Waals surface area contributed by atoms with E-state index in [1.807, 2.05) is 0 Å². The van der Waals surface area contributed by atoms with Gasteiger partial charge in [0, 0.05) is 11.9 Å². The van der Waals surface area contributed by atoms with Crippen molar-refractivity contribution in [1.29, 1.82) is 0 Å². The number of fused-ring (bicyclic) bond motifs is 1. The van der Waals surface area contributed by atoms with E-state index in [0.29, 0.717) is 17.2 Å². The number of hydrogen-bond acceptors (Lipinski definition) is 9. The molecule has 3 aromatic heterocycles. The number of ketones is 1.